The van der Waals surface area contributed by atoms with Gasteiger partial charge in [0.2, 0.25) is 0 Å². The number of hydrogen-bond donors (Lipinski definition) is 0. The lowest BCUT2D eigenvalue weighted by Crippen LogP contribution is -2.26. The van der Waals surface area contributed by atoms with Crippen molar-refractivity contribution in [3.63, 3.8) is 0 Å². The molecule has 2 saturated carbocycles. The Morgan fingerprint density at radius 2 is 1.13 bits per heavy atom. The summed E-state index contributed by atoms with van der Waals surface area (Å²) in [6, 6.07) is 10.1. The molecular weight excluding hydrogens is 511 g/mol. The molecule has 0 bridgehead atoms. The summed E-state index contributed by atoms with van der Waals surface area (Å²) < 4.78 is 74.7. The van der Waals surface area contributed by atoms with Crippen molar-refractivity contribution < 1.29 is 31.4 Å². The smallest absolute Gasteiger partial charge is 0.429 e. The van der Waals surface area contributed by atoms with Gasteiger partial charge in [0.25, 0.3) is 0 Å². The molecule has 0 aliphatic heterocycles. The molecule has 0 saturated heterocycles. The fourth-order valence-corrected chi connectivity index (χ4v) is 6.54. The van der Waals surface area contributed by atoms with Crippen molar-refractivity contribution in [2.45, 2.75) is 103 Å². The van der Waals surface area contributed by atoms with Gasteiger partial charge < -0.3 is 9.47 Å². The monoisotopic (exact) mass is 552 g/mol. The molecule has 4 rings (SSSR count). The molecule has 7 heteroatoms. The summed E-state index contributed by atoms with van der Waals surface area (Å²) in [6.07, 6.45) is 8.49. The van der Waals surface area contributed by atoms with Crippen LogP contribution in [-0.2, 0) is 12.5 Å². The third kappa shape index (κ3) is 9.11. The zero-order valence-electron chi connectivity index (χ0n) is 22.8. The van der Waals surface area contributed by atoms with Gasteiger partial charge in [0.05, 0.1) is 5.56 Å². The average molecular weight is 553 g/mol. The lowest BCUT2D eigenvalue weighted by atomic mass is 9.68. The molecule has 0 aromatic heterocycles. The summed E-state index contributed by atoms with van der Waals surface area (Å²) >= 11 is 0. The molecule has 2 aromatic rings. The van der Waals surface area contributed by atoms with Gasteiger partial charge in [-0.1, -0.05) is 64.0 Å². The Morgan fingerprint density at radius 1 is 0.641 bits per heavy atom. The van der Waals surface area contributed by atoms with Gasteiger partial charge in [0, 0.05) is 0 Å². The molecule has 0 spiro atoms. The van der Waals surface area contributed by atoms with E-state index >= 15 is 0 Å². The Kier molecular flexibility index (Phi) is 10.2. The molecule has 216 valence electrons. The third-order valence-corrected chi connectivity index (χ3v) is 8.85. The van der Waals surface area contributed by atoms with Crippen LogP contribution in [0.25, 0.3) is 0 Å². The molecule has 2 nitrogen and oxygen atoms in total. The van der Waals surface area contributed by atoms with E-state index < -0.39 is 18.2 Å². The number of hydrogen-bond acceptors (Lipinski definition) is 2. The molecule has 2 aromatic carbocycles. The Balaban J connectivity index is 1.19. The average Bonchev–Trinajstić information content (AvgIpc) is 2.92. The summed E-state index contributed by atoms with van der Waals surface area (Å²) in [6.45, 7) is 2.28. The van der Waals surface area contributed by atoms with Crippen LogP contribution in [0.3, 0.4) is 0 Å². The minimum atomic E-state index is -4.85. The van der Waals surface area contributed by atoms with Gasteiger partial charge in [0.1, 0.15) is 11.5 Å². The molecule has 0 atom stereocenters. The molecule has 39 heavy (non-hydrogen) atoms. The fourth-order valence-electron chi connectivity index (χ4n) is 6.54. The van der Waals surface area contributed by atoms with Crippen molar-refractivity contribution in [1.29, 1.82) is 0 Å². The van der Waals surface area contributed by atoms with Crippen LogP contribution < -0.4 is 9.47 Å². The Bertz CT molecular complexity index is 987. The number of benzene rings is 2. The Labute approximate surface area is 229 Å². The number of rotatable bonds is 11. The topological polar surface area (TPSA) is 18.5 Å². The molecule has 2 aliphatic carbocycles. The molecular formula is C32H41F5O2. The molecule has 2 aliphatic rings. The lowest BCUT2D eigenvalue weighted by Gasteiger charge is -2.38. The van der Waals surface area contributed by atoms with Gasteiger partial charge in [-0.3, -0.25) is 0 Å². The van der Waals surface area contributed by atoms with Gasteiger partial charge in [-0.2, -0.15) is 8.78 Å². The minimum Gasteiger partial charge on any atom is -0.429 e. The first-order valence-corrected chi connectivity index (χ1v) is 14.6. The van der Waals surface area contributed by atoms with Crippen molar-refractivity contribution in [2.24, 2.45) is 23.7 Å². The van der Waals surface area contributed by atoms with E-state index in [1.54, 1.807) is 12.1 Å². The SMILES string of the molecule is CCCCC1CCC(C2CCC(CCc3ccc(C(F)(F)Oc4ccc(OC(F)(F)F)cc4)cc3)CC2)CC1. The fraction of sp³-hybridized carbons (Fsp3) is 0.625. The zero-order valence-corrected chi connectivity index (χ0v) is 22.8. The first kappa shape index (κ1) is 29.7. The number of ether oxygens (including phenoxy) is 2. The highest BCUT2D eigenvalue weighted by atomic mass is 19.4. The lowest BCUT2D eigenvalue weighted by molar-refractivity contribution is -0.274. The van der Waals surface area contributed by atoms with Crippen molar-refractivity contribution in [3.8, 4) is 11.5 Å². The van der Waals surface area contributed by atoms with Crippen LogP contribution in [0, 0.1) is 23.7 Å². The number of alkyl halides is 5. The quantitative estimate of drug-likeness (QED) is 0.258. The molecule has 2 fully saturated rings. The highest BCUT2D eigenvalue weighted by molar-refractivity contribution is 5.33. The van der Waals surface area contributed by atoms with E-state index in [2.05, 4.69) is 11.7 Å². The van der Waals surface area contributed by atoms with Crippen molar-refractivity contribution in [1.82, 2.24) is 0 Å². The summed E-state index contributed by atoms with van der Waals surface area (Å²) in [5.41, 5.74) is 0.725. The van der Waals surface area contributed by atoms with Gasteiger partial charge in [-0.15, -0.1) is 13.2 Å². The van der Waals surface area contributed by atoms with Gasteiger partial charge in [0.15, 0.2) is 0 Å². The van der Waals surface area contributed by atoms with Crippen LogP contribution in [-0.4, -0.2) is 6.36 Å². The first-order valence-electron chi connectivity index (χ1n) is 14.6. The van der Waals surface area contributed by atoms with Crippen molar-refractivity contribution in [3.05, 3.63) is 59.7 Å². The van der Waals surface area contributed by atoms with E-state index in [9.17, 15) is 22.0 Å². The largest absolute Gasteiger partial charge is 0.573 e. The second-order valence-electron chi connectivity index (χ2n) is 11.6. The highest BCUT2D eigenvalue weighted by Crippen LogP contribution is 2.43. The van der Waals surface area contributed by atoms with Crippen LogP contribution in [0.15, 0.2) is 48.5 Å². The predicted molar refractivity (Wildman–Crippen MR) is 143 cm³/mol. The summed E-state index contributed by atoms with van der Waals surface area (Å²) in [7, 11) is 0. The summed E-state index contributed by atoms with van der Waals surface area (Å²) in [5.74, 6) is 2.73. The van der Waals surface area contributed by atoms with E-state index in [0.29, 0.717) is 5.92 Å². The van der Waals surface area contributed by atoms with Crippen LogP contribution in [0.4, 0.5) is 22.0 Å². The first-order chi connectivity index (χ1) is 18.6. The Hall–Kier alpha value is -2.31. The maximum absolute atomic E-state index is 14.7. The number of unbranched alkanes of at least 4 members (excludes halogenated alkanes) is 1. The second-order valence-corrected chi connectivity index (χ2v) is 11.6. The van der Waals surface area contributed by atoms with Crippen LogP contribution in [0.2, 0.25) is 0 Å². The van der Waals surface area contributed by atoms with Gasteiger partial charge in [-0.25, -0.2) is 0 Å². The van der Waals surface area contributed by atoms with E-state index in [1.165, 1.54) is 82.8 Å². The van der Waals surface area contributed by atoms with E-state index in [0.717, 1.165) is 60.4 Å². The van der Waals surface area contributed by atoms with Gasteiger partial charge >= 0.3 is 12.5 Å². The van der Waals surface area contributed by atoms with Crippen LogP contribution in [0.1, 0.15) is 95.1 Å². The minimum absolute atomic E-state index is 0.251. The zero-order chi connectivity index (χ0) is 27.9. The van der Waals surface area contributed by atoms with Crippen molar-refractivity contribution in [2.75, 3.05) is 0 Å². The molecule has 0 amide bonds. The van der Waals surface area contributed by atoms with Crippen LogP contribution in [0.5, 0.6) is 11.5 Å². The number of halogens is 5. The molecule has 0 radical (unpaired) electrons. The van der Waals surface area contributed by atoms with E-state index in [1.807, 2.05) is 0 Å². The maximum atomic E-state index is 14.7. The molecule has 0 unspecified atom stereocenters. The van der Waals surface area contributed by atoms with Crippen LogP contribution >= 0.6 is 0 Å². The standard InChI is InChI=1S/C32H41F5O2/c1-2-3-4-23-7-13-26(14-8-23)27-15-9-24(10-16-27)5-6-25-11-17-28(18-12-25)31(33,34)38-29-19-21-30(22-20-29)39-32(35,36)37/h11-12,17-24,26-27H,2-10,13-16H2,1H3. The van der Waals surface area contributed by atoms with E-state index in [4.69, 9.17) is 4.74 Å². The Morgan fingerprint density at radius 3 is 1.62 bits per heavy atom. The molecule has 0 heterocycles. The third-order valence-electron chi connectivity index (χ3n) is 8.85. The van der Waals surface area contributed by atoms with Crippen molar-refractivity contribution >= 4 is 0 Å². The van der Waals surface area contributed by atoms with Gasteiger partial charge in [-0.05, 0) is 104 Å². The normalized spacial score (nSPS) is 24.4. The summed E-state index contributed by atoms with van der Waals surface area (Å²) in [5, 5.41) is 0. The predicted octanol–water partition coefficient (Wildman–Crippen LogP) is 10.4. The highest BCUT2D eigenvalue weighted by Gasteiger charge is 2.35. The second kappa shape index (κ2) is 13.4. The summed E-state index contributed by atoms with van der Waals surface area (Å²) in [4.78, 5) is 0. The van der Waals surface area contributed by atoms with E-state index in [-0.39, 0.29) is 11.3 Å². The number of aryl methyl sites for hydroxylation is 1. The maximum Gasteiger partial charge on any atom is 0.573 e. The molecule has 0 N–H and O–H groups in total.